The molecule has 11 heavy (non-hydrogen) atoms. The van der Waals surface area contributed by atoms with Crippen molar-refractivity contribution >= 4 is 12.6 Å². The Hall–Kier alpha value is -0.370. The lowest BCUT2D eigenvalue weighted by atomic mass is 10.1. The maximum Gasteiger partial charge on any atom is 0.0733 e. The van der Waals surface area contributed by atoms with Crippen LogP contribution in [0.3, 0.4) is 0 Å². The van der Waals surface area contributed by atoms with Crippen molar-refractivity contribution in [1.82, 2.24) is 4.57 Å². The van der Waals surface area contributed by atoms with Gasteiger partial charge in [0.05, 0.1) is 5.37 Å². The Balaban J connectivity index is 2.96. The Morgan fingerprint density at radius 3 is 2.36 bits per heavy atom. The van der Waals surface area contributed by atoms with Crippen LogP contribution >= 0.6 is 12.6 Å². The minimum atomic E-state index is 0.280. The molecule has 0 saturated heterocycles. The minimum absolute atomic E-state index is 0.280. The van der Waals surface area contributed by atoms with Crippen LogP contribution in [-0.2, 0) is 0 Å². The number of nitrogens with zero attached hydrogens (tertiary/aromatic N) is 1. The van der Waals surface area contributed by atoms with Crippen LogP contribution in [0.25, 0.3) is 0 Å². The molecule has 1 aromatic heterocycles. The maximum atomic E-state index is 4.38. The Kier molecular flexibility index (Phi) is 2.66. The third kappa shape index (κ3) is 1.80. The molecule has 2 heteroatoms. The summed E-state index contributed by atoms with van der Waals surface area (Å²) in [6.45, 7) is 6.47. The van der Waals surface area contributed by atoms with Crippen LogP contribution in [0.4, 0.5) is 0 Å². The number of rotatable bonds is 2. The quantitative estimate of drug-likeness (QED) is 0.649. The molecule has 0 aromatic carbocycles. The van der Waals surface area contributed by atoms with E-state index in [9.17, 15) is 0 Å². The number of hydrogen-bond acceptors (Lipinski definition) is 1. The first kappa shape index (κ1) is 8.72. The molecule has 1 unspecified atom stereocenters. The van der Waals surface area contributed by atoms with E-state index in [-0.39, 0.29) is 5.37 Å². The highest BCUT2D eigenvalue weighted by molar-refractivity contribution is 7.80. The van der Waals surface area contributed by atoms with Gasteiger partial charge in [-0.1, -0.05) is 13.8 Å². The Morgan fingerprint density at radius 2 is 2.00 bits per heavy atom. The molecule has 0 aliphatic rings. The van der Waals surface area contributed by atoms with Crippen LogP contribution in [0.5, 0.6) is 0 Å². The van der Waals surface area contributed by atoms with E-state index in [1.807, 2.05) is 0 Å². The summed E-state index contributed by atoms with van der Waals surface area (Å²) in [5.74, 6) is 0.583. The average Bonchev–Trinajstić information content (AvgIpc) is 2.32. The lowest BCUT2D eigenvalue weighted by Crippen LogP contribution is -2.03. The minimum Gasteiger partial charge on any atom is -0.339 e. The zero-order chi connectivity index (χ0) is 8.43. The largest absolute Gasteiger partial charge is 0.339 e. The van der Waals surface area contributed by atoms with Gasteiger partial charge < -0.3 is 4.57 Å². The first-order valence-corrected chi connectivity index (χ1v) is 4.49. The molecule has 62 valence electrons. The van der Waals surface area contributed by atoms with Crippen LogP contribution in [0, 0.1) is 0 Å². The predicted octanol–water partition coefficient (Wildman–Crippen LogP) is 3.06. The van der Waals surface area contributed by atoms with Crippen molar-refractivity contribution in [3.63, 3.8) is 0 Å². The van der Waals surface area contributed by atoms with E-state index in [0.717, 1.165) is 0 Å². The Labute approximate surface area is 73.8 Å². The average molecular weight is 169 g/mol. The van der Waals surface area contributed by atoms with Crippen LogP contribution < -0.4 is 0 Å². The normalized spacial score (nSPS) is 13.9. The standard InChI is InChI=1S/C9H15NS/c1-7(2)9-5-4-6-10(9)8(3)11/h4-8,11H,1-3H3. The van der Waals surface area contributed by atoms with Crippen molar-refractivity contribution in [2.75, 3.05) is 0 Å². The molecular formula is C9H15NS. The van der Waals surface area contributed by atoms with Crippen molar-refractivity contribution in [2.45, 2.75) is 32.1 Å². The van der Waals surface area contributed by atoms with E-state index in [4.69, 9.17) is 0 Å². The van der Waals surface area contributed by atoms with Gasteiger partial charge in [0, 0.05) is 11.9 Å². The number of aromatic nitrogens is 1. The summed E-state index contributed by atoms with van der Waals surface area (Å²) in [6, 6.07) is 4.22. The van der Waals surface area contributed by atoms with Gasteiger partial charge >= 0.3 is 0 Å². The second-order valence-corrected chi connectivity index (χ2v) is 3.87. The molecule has 0 N–H and O–H groups in total. The first-order chi connectivity index (χ1) is 5.13. The second-order valence-electron chi connectivity index (χ2n) is 3.13. The summed E-state index contributed by atoms with van der Waals surface area (Å²) in [5.41, 5.74) is 1.35. The molecule has 0 fully saturated rings. The molecule has 0 saturated carbocycles. The van der Waals surface area contributed by atoms with Gasteiger partial charge in [0.2, 0.25) is 0 Å². The van der Waals surface area contributed by atoms with E-state index in [1.54, 1.807) is 0 Å². The SMILES string of the molecule is CC(C)c1cccn1C(C)S. The summed E-state index contributed by atoms with van der Waals surface area (Å²) in [4.78, 5) is 0. The third-order valence-corrected chi connectivity index (χ3v) is 2.05. The van der Waals surface area contributed by atoms with Crippen molar-refractivity contribution in [1.29, 1.82) is 0 Å². The van der Waals surface area contributed by atoms with Gasteiger partial charge in [0.1, 0.15) is 0 Å². The van der Waals surface area contributed by atoms with Crippen LogP contribution in [0.1, 0.15) is 37.8 Å². The maximum absolute atomic E-state index is 4.38. The molecule has 0 aliphatic heterocycles. The van der Waals surface area contributed by atoms with Crippen molar-refractivity contribution in [2.24, 2.45) is 0 Å². The predicted molar refractivity (Wildman–Crippen MR) is 52.2 cm³/mol. The van der Waals surface area contributed by atoms with Gasteiger partial charge in [0.25, 0.3) is 0 Å². The highest BCUT2D eigenvalue weighted by Crippen LogP contribution is 2.20. The summed E-state index contributed by atoms with van der Waals surface area (Å²) >= 11 is 4.38. The van der Waals surface area contributed by atoms with E-state index in [1.165, 1.54) is 5.69 Å². The molecule has 1 atom stereocenters. The van der Waals surface area contributed by atoms with Crippen LogP contribution in [0.15, 0.2) is 18.3 Å². The monoisotopic (exact) mass is 169 g/mol. The highest BCUT2D eigenvalue weighted by Gasteiger charge is 2.06. The molecule has 0 radical (unpaired) electrons. The second kappa shape index (κ2) is 3.35. The summed E-state index contributed by atoms with van der Waals surface area (Å²) in [5, 5.41) is 0.280. The van der Waals surface area contributed by atoms with E-state index >= 15 is 0 Å². The molecule has 1 nitrogen and oxygen atoms in total. The van der Waals surface area contributed by atoms with E-state index in [0.29, 0.717) is 5.92 Å². The molecule has 1 rings (SSSR count). The Bertz CT molecular complexity index is 203. The van der Waals surface area contributed by atoms with Gasteiger partial charge in [-0.05, 0) is 25.0 Å². The van der Waals surface area contributed by atoms with E-state index in [2.05, 4.69) is 56.3 Å². The summed E-state index contributed by atoms with van der Waals surface area (Å²) in [6.07, 6.45) is 2.08. The van der Waals surface area contributed by atoms with Gasteiger partial charge in [-0.25, -0.2) is 0 Å². The van der Waals surface area contributed by atoms with Crippen LogP contribution in [-0.4, -0.2) is 4.57 Å². The summed E-state index contributed by atoms with van der Waals surface area (Å²) < 4.78 is 2.19. The molecule has 1 aromatic rings. The fraction of sp³-hybridized carbons (Fsp3) is 0.556. The van der Waals surface area contributed by atoms with E-state index < -0.39 is 0 Å². The Morgan fingerprint density at radius 1 is 1.36 bits per heavy atom. The molecule has 0 amide bonds. The molecule has 0 spiro atoms. The van der Waals surface area contributed by atoms with Crippen molar-refractivity contribution < 1.29 is 0 Å². The lowest BCUT2D eigenvalue weighted by Gasteiger charge is -2.14. The lowest BCUT2D eigenvalue weighted by molar-refractivity contribution is 0.663. The molecule has 1 heterocycles. The fourth-order valence-electron chi connectivity index (χ4n) is 1.24. The fourth-order valence-corrected chi connectivity index (χ4v) is 1.45. The molecular weight excluding hydrogens is 154 g/mol. The zero-order valence-corrected chi connectivity index (χ0v) is 8.18. The van der Waals surface area contributed by atoms with Gasteiger partial charge in [0.15, 0.2) is 0 Å². The van der Waals surface area contributed by atoms with Gasteiger partial charge in [-0.3, -0.25) is 0 Å². The first-order valence-electron chi connectivity index (χ1n) is 3.97. The van der Waals surface area contributed by atoms with Gasteiger partial charge in [-0.2, -0.15) is 12.6 Å². The molecule has 0 bridgehead atoms. The van der Waals surface area contributed by atoms with Gasteiger partial charge in [-0.15, -0.1) is 0 Å². The smallest absolute Gasteiger partial charge is 0.0733 e. The number of hydrogen-bond donors (Lipinski definition) is 1. The summed E-state index contributed by atoms with van der Waals surface area (Å²) in [7, 11) is 0. The van der Waals surface area contributed by atoms with Crippen molar-refractivity contribution in [3.8, 4) is 0 Å². The van der Waals surface area contributed by atoms with Crippen molar-refractivity contribution in [3.05, 3.63) is 24.0 Å². The topological polar surface area (TPSA) is 4.93 Å². The zero-order valence-electron chi connectivity index (χ0n) is 7.28. The van der Waals surface area contributed by atoms with Crippen LogP contribution in [0.2, 0.25) is 0 Å². The highest BCUT2D eigenvalue weighted by atomic mass is 32.1. The third-order valence-electron chi connectivity index (χ3n) is 1.81. The number of thiol groups is 1. The molecule has 0 aliphatic carbocycles.